The van der Waals surface area contributed by atoms with Crippen molar-refractivity contribution in [2.24, 2.45) is 0 Å². The Morgan fingerprint density at radius 2 is 1.67 bits per heavy atom. The van der Waals surface area contributed by atoms with Gasteiger partial charge in [-0.25, -0.2) is 9.50 Å². The van der Waals surface area contributed by atoms with Crippen molar-refractivity contribution in [1.82, 2.24) is 24.5 Å². The van der Waals surface area contributed by atoms with Gasteiger partial charge >= 0.3 is 0 Å². The first-order valence-electron chi connectivity index (χ1n) is 10.5. The largest absolute Gasteiger partial charge is 0.369 e. The van der Waals surface area contributed by atoms with Crippen LogP contribution in [-0.2, 0) is 6.54 Å². The van der Waals surface area contributed by atoms with Crippen LogP contribution in [-0.4, -0.2) is 50.7 Å². The molecule has 0 unspecified atom stereocenters. The van der Waals surface area contributed by atoms with E-state index in [2.05, 4.69) is 81.2 Å². The van der Waals surface area contributed by atoms with Crippen molar-refractivity contribution in [2.45, 2.75) is 20.4 Å². The van der Waals surface area contributed by atoms with Gasteiger partial charge in [0.1, 0.15) is 6.33 Å². The van der Waals surface area contributed by atoms with E-state index in [9.17, 15) is 0 Å². The van der Waals surface area contributed by atoms with Crippen LogP contribution in [0.1, 0.15) is 16.7 Å². The van der Waals surface area contributed by atoms with Gasteiger partial charge in [-0.15, -0.1) is 0 Å². The van der Waals surface area contributed by atoms with Gasteiger partial charge in [-0.1, -0.05) is 36.4 Å². The summed E-state index contributed by atoms with van der Waals surface area (Å²) in [6.45, 7) is 9.73. The van der Waals surface area contributed by atoms with E-state index in [1.165, 1.54) is 28.7 Å². The molecule has 2 aromatic heterocycles. The van der Waals surface area contributed by atoms with Crippen molar-refractivity contribution in [3.8, 4) is 11.1 Å². The molecule has 30 heavy (non-hydrogen) atoms. The zero-order valence-electron chi connectivity index (χ0n) is 17.5. The minimum Gasteiger partial charge on any atom is -0.369 e. The number of anilines is 1. The molecule has 1 saturated heterocycles. The van der Waals surface area contributed by atoms with Crippen molar-refractivity contribution in [1.29, 1.82) is 0 Å². The molecule has 152 valence electrons. The van der Waals surface area contributed by atoms with Gasteiger partial charge in [-0.05, 0) is 42.2 Å². The molecule has 1 aliphatic heterocycles. The third-order valence-electron chi connectivity index (χ3n) is 6.12. The monoisotopic (exact) mass is 398 g/mol. The molecular formula is C24H26N6. The van der Waals surface area contributed by atoms with Crippen LogP contribution in [0.15, 0.2) is 61.2 Å². The maximum absolute atomic E-state index is 4.35. The fourth-order valence-electron chi connectivity index (χ4n) is 4.15. The highest BCUT2D eigenvalue weighted by Gasteiger charge is 2.19. The maximum atomic E-state index is 4.35. The Balaban J connectivity index is 1.22. The molecule has 3 heterocycles. The van der Waals surface area contributed by atoms with Gasteiger partial charge in [0.05, 0.1) is 0 Å². The predicted octanol–water partition coefficient (Wildman–Crippen LogP) is 3.73. The summed E-state index contributed by atoms with van der Waals surface area (Å²) in [5.41, 5.74) is 7.68. The number of hydrogen-bond donors (Lipinski definition) is 0. The van der Waals surface area contributed by atoms with Gasteiger partial charge in [0.25, 0.3) is 5.78 Å². The standard InChI is InChI=1S/C24H26N6/c1-18-4-3-5-23(19(18)2)29-12-10-28(11-13-29)15-20-6-8-21(9-7-20)22-14-25-24-26-17-27-30(24)16-22/h3-9,14,16-17H,10-13,15H2,1-2H3. The van der Waals surface area contributed by atoms with E-state index in [-0.39, 0.29) is 0 Å². The average Bonchev–Trinajstić information content (AvgIpc) is 3.25. The lowest BCUT2D eigenvalue weighted by Gasteiger charge is -2.37. The second-order valence-electron chi connectivity index (χ2n) is 8.03. The van der Waals surface area contributed by atoms with Crippen LogP contribution in [0.4, 0.5) is 5.69 Å². The van der Waals surface area contributed by atoms with E-state index >= 15 is 0 Å². The molecule has 6 heteroatoms. The summed E-state index contributed by atoms with van der Waals surface area (Å²) < 4.78 is 1.71. The Bertz CT molecular complexity index is 1160. The van der Waals surface area contributed by atoms with Gasteiger partial charge in [-0.3, -0.25) is 4.90 Å². The van der Waals surface area contributed by atoms with Gasteiger partial charge in [0.15, 0.2) is 0 Å². The van der Waals surface area contributed by atoms with Crippen LogP contribution in [0.5, 0.6) is 0 Å². The van der Waals surface area contributed by atoms with Gasteiger partial charge in [0.2, 0.25) is 0 Å². The molecule has 0 radical (unpaired) electrons. The maximum Gasteiger partial charge on any atom is 0.252 e. The molecule has 5 rings (SSSR count). The van der Waals surface area contributed by atoms with E-state index in [0.717, 1.165) is 43.9 Å². The Morgan fingerprint density at radius 1 is 0.867 bits per heavy atom. The fourth-order valence-corrected chi connectivity index (χ4v) is 4.15. The summed E-state index contributed by atoms with van der Waals surface area (Å²) in [6, 6.07) is 15.4. The molecule has 0 aliphatic carbocycles. The number of fused-ring (bicyclic) bond motifs is 1. The number of aromatic nitrogens is 4. The predicted molar refractivity (Wildman–Crippen MR) is 120 cm³/mol. The molecule has 6 nitrogen and oxygen atoms in total. The first-order valence-corrected chi connectivity index (χ1v) is 10.5. The van der Waals surface area contributed by atoms with E-state index < -0.39 is 0 Å². The summed E-state index contributed by atoms with van der Waals surface area (Å²) in [5, 5.41) is 4.17. The summed E-state index contributed by atoms with van der Waals surface area (Å²) in [5.74, 6) is 0.621. The first-order chi connectivity index (χ1) is 14.7. The zero-order valence-corrected chi connectivity index (χ0v) is 17.5. The highest BCUT2D eigenvalue weighted by Crippen LogP contribution is 2.24. The second-order valence-corrected chi connectivity index (χ2v) is 8.03. The molecule has 1 aliphatic rings. The lowest BCUT2D eigenvalue weighted by atomic mass is 10.1. The minimum absolute atomic E-state index is 0.621. The minimum atomic E-state index is 0.621. The third-order valence-corrected chi connectivity index (χ3v) is 6.12. The average molecular weight is 399 g/mol. The first kappa shape index (κ1) is 18.8. The number of benzene rings is 2. The quantitative estimate of drug-likeness (QED) is 0.524. The van der Waals surface area contributed by atoms with E-state index in [0.29, 0.717) is 5.78 Å². The molecule has 0 amide bonds. The van der Waals surface area contributed by atoms with Crippen LogP contribution in [0.2, 0.25) is 0 Å². The Hall–Kier alpha value is -3.25. The van der Waals surface area contributed by atoms with Gasteiger partial charge in [0, 0.05) is 56.4 Å². The number of piperazine rings is 1. The van der Waals surface area contributed by atoms with Crippen LogP contribution < -0.4 is 4.90 Å². The molecule has 4 aromatic rings. The molecule has 0 bridgehead atoms. The summed E-state index contributed by atoms with van der Waals surface area (Å²) >= 11 is 0. The number of nitrogens with zero attached hydrogens (tertiary/aromatic N) is 6. The fraction of sp³-hybridized carbons (Fsp3) is 0.292. The normalized spacial score (nSPS) is 15.1. The lowest BCUT2D eigenvalue weighted by molar-refractivity contribution is 0.250. The summed E-state index contributed by atoms with van der Waals surface area (Å²) in [4.78, 5) is 13.5. The van der Waals surface area contributed by atoms with Gasteiger partial charge in [-0.2, -0.15) is 10.1 Å². The number of aryl methyl sites for hydroxylation is 1. The topological polar surface area (TPSA) is 49.6 Å². The lowest BCUT2D eigenvalue weighted by Crippen LogP contribution is -2.46. The van der Waals surface area contributed by atoms with E-state index in [4.69, 9.17) is 0 Å². The Kier molecular flexibility index (Phi) is 4.93. The molecule has 0 spiro atoms. The highest BCUT2D eigenvalue weighted by molar-refractivity contribution is 5.62. The number of rotatable bonds is 4. The Morgan fingerprint density at radius 3 is 2.47 bits per heavy atom. The van der Waals surface area contributed by atoms with Gasteiger partial charge < -0.3 is 4.90 Å². The van der Waals surface area contributed by atoms with E-state index in [1.807, 2.05) is 12.4 Å². The van der Waals surface area contributed by atoms with E-state index in [1.54, 1.807) is 4.52 Å². The van der Waals surface area contributed by atoms with Crippen molar-refractivity contribution < 1.29 is 0 Å². The van der Waals surface area contributed by atoms with Crippen LogP contribution in [0.3, 0.4) is 0 Å². The molecule has 2 aromatic carbocycles. The zero-order chi connectivity index (χ0) is 20.5. The molecular weight excluding hydrogens is 372 g/mol. The third kappa shape index (κ3) is 3.66. The smallest absolute Gasteiger partial charge is 0.252 e. The van der Waals surface area contributed by atoms with Crippen LogP contribution in [0.25, 0.3) is 16.9 Å². The Labute approximate surface area is 176 Å². The molecule has 0 saturated carbocycles. The van der Waals surface area contributed by atoms with Crippen LogP contribution in [0, 0.1) is 13.8 Å². The van der Waals surface area contributed by atoms with Crippen molar-refractivity contribution in [3.05, 3.63) is 77.9 Å². The molecule has 1 fully saturated rings. The van der Waals surface area contributed by atoms with Crippen molar-refractivity contribution in [3.63, 3.8) is 0 Å². The van der Waals surface area contributed by atoms with Crippen LogP contribution >= 0.6 is 0 Å². The highest BCUT2D eigenvalue weighted by atomic mass is 15.3. The molecule has 0 N–H and O–H groups in total. The van der Waals surface area contributed by atoms with Crippen molar-refractivity contribution in [2.75, 3.05) is 31.1 Å². The SMILES string of the molecule is Cc1cccc(N2CCN(Cc3ccc(-c4cnc5ncnn5c4)cc3)CC2)c1C. The number of hydrogen-bond acceptors (Lipinski definition) is 5. The molecule has 0 atom stereocenters. The van der Waals surface area contributed by atoms with Crippen molar-refractivity contribution >= 4 is 11.5 Å². The summed E-state index contributed by atoms with van der Waals surface area (Å²) in [6.07, 6.45) is 5.34. The second kappa shape index (κ2) is 7.88. The summed E-state index contributed by atoms with van der Waals surface area (Å²) in [7, 11) is 0.